The van der Waals surface area contributed by atoms with E-state index in [4.69, 9.17) is 5.26 Å². The fourth-order valence-corrected chi connectivity index (χ4v) is 2.65. The molecule has 0 fully saturated rings. The van der Waals surface area contributed by atoms with Gasteiger partial charge < -0.3 is 10.6 Å². The van der Waals surface area contributed by atoms with E-state index in [1.807, 2.05) is 0 Å². The van der Waals surface area contributed by atoms with Gasteiger partial charge >= 0.3 is 0 Å². The molecule has 0 spiro atoms. The van der Waals surface area contributed by atoms with E-state index in [0.717, 1.165) is 5.69 Å². The lowest BCUT2D eigenvalue weighted by Crippen LogP contribution is -2.17. The van der Waals surface area contributed by atoms with Gasteiger partial charge in [-0.25, -0.2) is 0 Å². The average Bonchev–Trinajstić information content (AvgIpc) is 2.50. The van der Waals surface area contributed by atoms with Gasteiger partial charge in [0.05, 0.1) is 11.6 Å². The van der Waals surface area contributed by atoms with Crippen molar-refractivity contribution in [2.75, 3.05) is 17.2 Å². The average molecular weight is 307 g/mol. The van der Waals surface area contributed by atoms with Crippen LogP contribution in [0.3, 0.4) is 0 Å². The summed E-state index contributed by atoms with van der Waals surface area (Å²) in [6, 6.07) is 13.2. The summed E-state index contributed by atoms with van der Waals surface area (Å²) in [5, 5.41) is 15.0. The first-order valence-electron chi connectivity index (χ1n) is 7.61. The minimum atomic E-state index is -0.0741. The molecule has 23 heavy (non-hydrogen) atoms. The largest absolute Gasteiger partial charge is 0.384 e. The van der Waals surface area contributed by atoms with E-state index in [1.165, 1.54) is 16.7 Å². The third kappa shape index (κ3) is 4.58. The summed E-state index contributed by atoms with van der Waals surface area (Å²) >= 11 is 0. The first kappa shape index (κ1) is 16.6. The van der Waals surface area contributed by atoms with E-state index in [-0.39, 0.29) is 5.91 Å². The van der Waals surface area contributed by atoms with E-state index in [1.54, 1.807) is 24.3 Å². The summed E-state index contributed by atoms with van der Waals surface area (Å²) < 4.78 is 0. The Kier molecular flexibility index (Phi) is 5.37. The van der Waals surface area contributed by atoms with Gasteiger partial charge in [0.15, 0.2) is 0 Å². The van der Waals surface area contributed by atoms with Crippen molar-refractivity contribution in [3.63, 3.8) is 0 Å². The van der Waals surface area contributed by atoms with Crippen LogP contribution in [0.25, 0.3) is 0 Å². The molecular weight excluding hydrogens is 286 g/mol. The number of aryl methyl sites for hydroxylation is 3. The zero-order valence-corrected chi connectivity index (χ0v) is 13.7. The van der Waals surface area contributed by atoms with Crippen LogP contribution in [-0.4, -0.2) is 12.5 Å². The fraction of sp³-hybridized carbons (Fsp3) is 0.263. The molecule has 2 aromatic carbocycles. The zero-order chi connectivity index (χ0) is 16.8. The molecule has 0 bridgehead atoms. The van der Waals surface area contributed by atoms with Crippen molar-refractivity contribution in [3.05, 3.63) is 58.7 Å². The summed E-state index contributed by atoms with van der Waals surface area (Å²) in [6.07, 6.45) is 0.365. The van der Waals surface area contributed by atoms with Crippen LogP contribution in [0, 0.1) is 32.1 Å². The van der Waals surface area contributed by atoms with Crippen LogP contribution in [-0.2, 0) is 4.79 Å². The first-order chi connectivity index (χ1) is 11.0. The molecule has 4 nitrogen and oxygen atoms in total. The van der Waals surface area contributed by atoms with Gasteiger partial charge in [-0.2, -0.15) is 5.26 Å². The van der Waals surface area contributed by atoms with E-state index in [2.05, 4.69) is 49.6 Å². The van der Waals surface area contributed by atoms with Gasteiger partial charge in [0.25, 0.3) is 0 Å². The maximum atomic E-state index is 12.0. The van der Waals surface area contributed by atoms with Crippen LogP contribution < -0.4 is 10.6 Å². The highest BCUT2D eigenvalue weighted by molar-refractivity contribution is 5.91. The number of carbonyl (C=O) groups excluding carboxylic acids is 1. The molecule has 1 amide bonds. The monoisotopic (exact) mass is 307 g/mol. The summed E-state index contributed by atoms with van der Waals surface area (Å²) in [6.45, 7) is 6.77. The first-order valence-corrected chi connectivity index (χ1v) is 7.61. The zero-order valence-electron chi connectivity index (χ0n) is 13.7. The minimum absolute atomic E-state index is 0.0741. The van der Waals surface area contributed by atoms with Crippen molar-refractivity contribution in [1.29, 1.82) is 5.26 Å². The van der Waals surface area contributed by atoms with E-state index < -0.39 is 0 Å². The molecule has 0 saturated carbocycles. The number of nitrogens with one attached hydrogen (secondary N) is 2. The molecule has 0 unspecified atom stereocenters. The number of nitrogens with zero attached hydrogens (tertiary/aromatic N) is 1. The second kappa shape index (κ2) is 7.46. The summed E-state index contributed by atoms with van der Waals surface area (Å²) in [7, 11) is 0. The Morgan fingerprint density at radius 1 is 1.13 bits per heavy atom. The van der Waals surface area contributed by atoms with Crippen LogP contribution in [0.15, 0.2) is 36.4 Å². The van der Waals surface area contributed by atoms with Crippen molar-refractivity contribution >= 4 is 17.3 Å². The highest BCUT2D eigenvalue weighted by Crippen LogP contribution is 2.21. The molecule has 0 saturated heterocycles. The maximum Gasteiger partial charge on any atom is 0.226 e. The predicted octanol–water partition coefficient (Wildman–Crippen LogP) is 3.92. The molecule has 0 atom stereocenters. The predicted molar refractivity (Wildman–Crippen MR) is 93.5 cm³/mol. The lowest BCUT2D eigenvalue weighted by Gasteiger charge is -2.14. The van der Waals surface area contributed by atoms with Crippen LogP contribution in [0.5, 0.6) is 0 Å². The highest BCUT2D eigenvalue weighted by atomic mass is 16.1. The van der Waals surface area contributed by atoms with Crippen molar-refractivity contribution < 1.29 is 4.79 Å². The topological polar surface area (TPSA) is 64.9 Å². The molecule has 0 aromatic heterocycles. The minimum Gasteiger partial charge on any atom is -0.384 e. The molecule has 0 aliphatic carbocycles. The number of hydrogen-bond donors (Lipinski definition) is 2. The normalized spacial score (nSPS) is 10.0. The lowest BCUT2D eigenvalue weighted by molar-refractivity contribution is -0.115. The molecule has 4 heteroatoms. The lowest BCUT2D eigenvalue weighted by atomic mass is 10.1. The maximum absolute atomic E-state index is 12.0. The van der Waals surface area contributed by atoms with Gasteiger partial charge in [-0.3, -0.25) is 4.79 Å². The van der Waals surface area contributed by atoms with E-state index >= 15 is 0 Å². The molecule has 2 aromatic rings. The van der Waals surface area contributed by atoms with Crippen LogP contribution in [0.1, 0.15) is 28.7 Å². The quantitative estimate of drug-likeness (QED) is 0.879. The Hall–Kier alpha value is -2.80. The van der Waals surface area contributed by atoms with Gasteiger partial charge in [0.2, 0.25) is 5.91 Å². The number of carbonyl (C=O) groups is 1. The smallest absolute Gasteiger partial charge is 0.226 e. The van der Waals surface area contributed by atoms with E-state index in [9.17, 15) is 4.79 Å². The van der Waals surface area contributed by atoms with Crippen LogP contribution in [0.2, 0.25) is 0 Å². The van der Waals surface area contributed by atoms with Crippen LogP contribution in [0.4, 0.5) is 11.4 Å². The van der Waals surface area contributed by atoms with Gasteiger partial charge in [-0.15, -0.1) is 0 Å². The summed E-state index contributed by atoms with van der Waals surface area (Å²) in [5.74, 6) is -0.0741. The molecule has 0 radical (unpaired) electrons. The van der Waals surface area contributed by atoms with Gasteiger partial charge in [-0.05, 0) is 50.1 Å². The van der Waals surface area contributed by atoms with Crippen LogP contribution >= 0.6 is 0 Å². The van der Waals surface area contributed by atoms with Gasteiger partial charge in [0.1, 0.15) is 0 Å². The molecule has 2 N–H and O–H groups in total. The number of nitriles is 1. The standard InChI is InChI=1S/C19H21N3O/c1-13-9-14(2)19(15(3)10-13)21-8-7-18(23)22-17-6-4-5-16(11-17)12-20/h4-6,9-11,21H,7-8H2,1-3H3,(H,22,23). The van der Waals surface area contributed by atoms with Gasteiger partial charge in [-0.1, -0.05) is 23.8 Å². The molecule has 0 aliphatic rings. The van der Waals surface area contributed by atoms with E-state index in [0.29, 0.717) is 24.2 Å². The summed E-state index contributed by atoms with van der Waals surface area (Å²) in [4.78, 5) is 12.0. The SMILES string of the molecule is Cc1cc(C)c(NCCC(=O)Nc2cccc(C#N)c2)c(C)c1. The number of anilines is 2. The molecule has 2 rings (SSSR count). The third-order valence-electron chi connectivity index (χ3n) is 3.61. The number of amides is 1. The molecule has 118 valence electrons. The van der Waals surface area contributed by atoms with Crippen molar-refractivity contribution in [2.45, 2.75) is 27.2 Å². The Morgan fingerprint density at radius 2 is 1.83 bits per heavy atom. The van der Waals surface area contributed by atoms with Crippen molar-refractivity contribution in [3.8, 4) is 6.07 Å². The third-order valence-corrected chi connectivity index (χ3v) is 3.61. The van der Waals surface area contributed by atoms with Gasteiger partial charge in [0, 0.05) is 24.3 Å². The number of benzene rings is 2. The Bertz CT molecular complexity index is 736. The number of hydrogen-bond acceptors (Lipinski definition) is 3. The fourth-order valence-electron chi connectivity index (χ4n) is 2.65. The molecule has 0 heterocycles. The molecule has 0 aliphatic heterocycles. The Morgan fingerprint density at radius 3 is 2.48 bits per heavy atom. The highest BCUT2D eigenvalue weighted by Gasteiger charge is 2.06. The second-order valence-corrected chi connectivity index (χ2v) is 5.69. The van der Waals surface area contributed by atoms with Crippen molar-refractivity contribution in [2.24, 2.45) is 0 Å². The Balaban J connectivity index is 1.89. The second-order valence-electron chi connectivity index (χ2n) is 5.69. The Labute approximate surface area is 137 Å². The number of rotatable bonds is 5. The summed E-state index contributed by atoms with van der Waals surface area (Å²) in [5.41, 5.74) is 5.88. The molecular formula is C19H21N3O. The van der Waals surface area contributed by atoms with Crippen molar-refractivity contribution in [1.82, 2.24) is 0 Å².